The molecule has 1 aromatic carbocycles. The lowest BCUT2D eigenvalue weighted by atomic mass is 10.1. The third-order valence-electron chi connectivity index (χ3n) is 3.57. The van der Waals surface area contributed by atoms with Gasteiger partial charge in [0.05, 0.1) is 6.54 Å². The number of carbonyl (C=O) groups excluding carboxylic acids is 2. The summed E-state index contributed by atoms with van der Waals surface area (Å²) in [5.74, 6) is -0.783. The highest BCUT2D eigenvalue weighted by Crippen LogP contribution is 2.21. The molecule has 0 unspecified atom stereocenters. The minimum absolute atomic E-state index is 0.159. The molecule has 0 aliphatic heterocycles. The number of hydrogen-bond donors (Lipinski definition) is 2. The molecule has 7 heteroatoms. The number of hydrogen-bond acceptors (Lipinski definition) is 4. The van der Waals surface area contributed by atoms with Crippen molar-refractivity contribution >= 4 is 17.5 Å². The second kappa shape index (κ2) is 7.04. The van der Waals surface area contributed by atoms with Crippen molar-refractivity contribution in [3.05, 3.63) is 41.0 Å². The molecular weight excluding hydrogens is 294 g/mol. The predicted octanol–water partition coefficient (Wildman–Crippen LogP) is 1.48. The number of nitrogens with zero attached hydrogens (tertiary/aromatic N) is 3. The van der Waals surface area contributed by atoms with Gasteiger partial charge in [0.15, 0.2) is 5.82 Å². The van der Waals surface area contributed by atoms with Gasteiger partial charge in [-0.1, -0.05) is 17.7 Å². The quantitative estimate of drug-likeness (QED) is 0.836. The Hall–Kier alpha value is -2.70. The number of aromatic nitrogens is 3. The van der Waals surface area contributed by atoms with Gasteiger partial charge in [0, 0.05) is 12.2 Å². The Morgan fingerprint density at radius 3 is 2.39 bits per heavy atom. The second-order valence-electron chi connectivity index (χ2n) is 5.44. The Balaban J connectivity index is 2.00. The van der Waals surface area contributed by atoms with Crippen LogP contribution in [-0.2, 0) is 22.7 Å². The van der Waals surface area contributed by atoms with Gasteiger partial charge in [0.25, 0.3) is 0 Å². The molecule has 0 saturated carbocycles. The first kappa shape index (κ1) is 16.7. The smallest absolute Gasteiger partial charge is 0.313 e. The minimum atomic E-state index is -0.699. The highest BCUT2D eigenvalue weighted by atomic mass is 16.2. The lowest BCUT2D eigenvalue weighted by molar-refractivity contribution is -0.136. The summed E-state index contributed by atoms with van der Waals surface area (Å²) in [6.45, 7) is 8.60. The number of amides is 2. The van der Waals surface area contributed by atoms with E-state index in [2.05, 4.69) is 20.8 Å². The zero-order valence-electron chi connectivity index (χ0n) is 13.8. The van der Waals surface area contributed by atoms with Crippen molar-refractivity contribution < 1.29 is 9.59 Å². The second-order valence-corrected chi connectivity index (χ2v) is 5.44. The molecule has 0 bridgehead atoms. The molecule has 0 saturated heterocycles. The topological polar surface area (TPSA) is 88.9 Å². The largest absolute Gasteiger partial charge is 0.341 e. The first-order chi connectivity index (χ1) is 10.9. The molecule has 2 aromatic rings. The van der Waals surface area contributed by atoms with E-state index in [4.69, 9.17) is 0 Å². The Kier molecular flexibility index (Phi) is 5.10. The van der Waals surface area contributed by atoms with E-state index in [9.17, 15) is 9.59 Å². The van der Waals surface area contributed by atoms with Crippen LogP contribution < -0.4 is 10.6 Å². The Labute approximate surface area is 135 Å². The summed E-state index contributed by atoms with van der Waals surface area (Å²) in [5.41, 5.74) is 3.64. The van der Waals surface area contributed by atoms with E-state index in [0.29, 0.717) is 18.1 Å². The molecular formula is C16H21N5O2. The summed E-state index contributed by atoms with van der Waals surface area (Å²) in [4.78, 5) is 24.0. The van der Waals surface area contributed by atoms with Gasteiger partial charge in [-0.3, -0.25) is 9.59 Å². The van der Waals surface area contributed by atoms with E-state index in [1.165, 1.54) is 0 Å². The van der Waals surface area contributed by atoms with Crippen LogP contribution in [0.25, 0.3) is 0 Å². The molecule has 0 atom stereocenters. The zero-order chi connectivity index (χ0) is 17.0. The molecule has 23 heavy (non-hydrogen) atoms. The standard InChI is InChI=1S/C16H21N5O2/c1-5-21-9-18-20-13(21)8-17-15(22)16(23)19-14-11(3)6-10(2)7-12(14)4/h6-7,9H,5,8H2,1-4H3,(H,17,22)(H,19,23). The summed E-state index contributed by atoms with van der Waals surface area (Å²) in [6, 6.07) is 3.93. The van der Waals surface area contributed by atoms with E-state index >= 15 is 0 Å². The van der Waals surface area contributed by atoms with E-state index < -0.39 is 11.8 Å². The van der Waals surface area contributed by atoms with E-state index in [1.54, 1.807) is 10.9 Å². The molecule has 122 valence electrons. The van der Waals surface area contributed by atoms with Crippen molar-refractivity contribution in [3.63, 3.8) is 0 Å². The summed E-state index contributed by atoms with van der Waals surface area (Å²) < 4.78 is 1.80. The van der Waals surface area contributed by atoms with Gasteiger partial charge in [-0.05, 0) is 38.8 Å². The van der Waals surface area contributed by atoms with Crippen molar-refractivity contribution in [1.29, 1.82) is 0 Å². The van der Waals surface area contributed by atoms with Gasteiger partial charge in [-0.25, -0.2) is 0 Å². The predicted molar refractivity (Wildman–Crippen MR) is 86.8 cm³/mol. The van der Waals surface area contributed by atoms with Crippen molar-refractivity contribution in [2.45, 2.75) is 40.8 Å². The van der Waals surface area contributed by atoms with E-state index in [1.807, 2.05) is 39.8 Å². The first-order valence-corrected chi connectivity index (χ1v) is 7.46. The average molecular weight is 315 g/mol. The molecule has 0 aliphatic rings. The van der Waals surface area contributed by atoms with Crippen LogP contribution in [-0.4, -0.2) is 26.6 Å². The van der Waals surface area contributed by atoms with Crippen LogP contribution in [0.15, 0.2) is 18.5 Å². The van der Waals surface area contributed by atoms with Crippen molar-refractivity contribution in [1.82, 2.24) is 20.1 Å². The van der Waals surface area contributed by atoms with E-state index in [0.717, 1.165) is 16.7 Å². The SMILES string of the molecule is CCn1cnnc1CNC(=O)C(=O)Nc1c(C)cc(C)cc1C. The summed E-state index contributed by atoms with van der Waals surface area (Å²) >= 11 is 0. The third kappa shape index (κ3) is 3.94. The summed E-state index contributed by atoms with van der Waals surface area (Å²) in [5, 5.41) is 12.9. The van der Waals surface area contributed by atoms with Gasteiger partial charge >= 0.3 is 11.8 Å². The Bertz CT molecular complexity index is 713. The molecule has 0 spiro atoms. The number of nitrogens with one attached hydrogen (secondary N) is 2. The molecule has 2 rings (SSSR count). The van der Waals surface area contributed by atoms with Crippen LogP contribution in [0.1, 0.15) is 29.4 Å². The van der Waals surface area contributed by atoms with Crippen molar-refractivity contribution in [2.75, 3.05) is 5.32 Å². The maximum absolute atomic E-state index is 12.0. The van der Waals surface area contributed by atoms with Crippen LogP contribution in [0.4, 0.5) is 5.69 Å². The molecule has 2 amide bonds. The third-order valence-corrected chi connectivity index (χ3v) is 3.57. The number of rotatable bonds is 4. The molecule has 7 nitrogen and oxygen atoms in total. The Morgan fingerprint density at radius 1 is 1.13 bits per heavy atom. The van der Waals surface area contributed by atoms with Gasteiger partial charge in [-0.15, -0.1) is 10.2 Å². The highest BCUT2D eigenvalue weighted by Gasteiger charge is 2.16. The number of aryl methyl sites for hydroxylation is 4. The fourth-order valence-electron chi connectivity index (χ4n) is 2.47. The molecule has 0 fully saturated rings. The average Bonchev–Trinajstić information content (AvgIpc) is 2.95. The van der Waals surface area contributed by atoms with Gasteiger partial charge < -0.3 is 15.2 Å². The molecule has 0 aliphatic carbocycles. The van der Waals surface area contributed by atoms with Crippen molar-refractivity contribution in [2.24, 2.45) is 0 Å². The fraction of sp³-hybridized carbons (Fsp3) is 0.375. The maximum atomic E-state index is 12.0. The van der Waals surface area contributed by atoms with Crippen molar-refractivity contribution in [3.8, 4) is 0 Å². The van der Waals surface area contributed by atoms with Crippen LogP contribution >= 0.6 is 0 Å². The lowest BCUT2D eigenvalue weighted by Crippen LogP contribution is -2.36. The highest BCUT2D eigenvalue weighted by molar-refractivity contribution is 6.39. The molecule has 1 aromatic heterocycles. The normalized spacial score (nSPS) is 10.4. The number of benzene rings is 1. The minimum Gasteiger partial charge on any atom is -0.341 e. The van der Waals surface area contributed by atoms with Gasteiger partial charge in [0.1, 0.15) is 6.33 Å². The van der Waals surface area contributed by atoms with Crippen LogP contribution in [0, 0.1) is 20.8 Å². The number of carbonyl (C=O) groups is 2. The lowest BCUT2D eigenvalue weighted by Gasteiger charge is -2.12. The Morgan fingerprint density at radius 2 is 1.78 bits per heavy atom. The molecule has 2 N–H and O–H groups in total. The number of anilines is 1. The summed E-state index contributed by atoms with van der Waals surface area (Å²) in [7, 11) is 0. The summed E-state index contributed by atoms with van der Waals surface area (Å²) in [6.07, 6.45) is 1.58. The first-order valence-electron chi connectivity index (χ1n) is 7.46. The molecule has 1 heterocycles. The van der Waals surface area contributed by atoms with Crippen LogP contribution in [0.5, 0.6) is 0 Å². The monoisotopic (exact) mass is 315 g/mol. The van der Waals surface area contributed by atoms with Crippen LogP contribution in [0.3, 0.4) is 0 Å². The van der Waals surface area contributed by atoms with Crippen LogP contribution in [0.2, 0.25) is 0 Å². The maximum Gasteiger partial charge on any atom is 0.313 e. The fourth-order valence-corrected chi connectivity index (χ4v) is 2.47. The van der Waals surface area contributed by atoms with E-state index in [-0.39, 0.29) is 6.54 Å². The van der Waals surface area contributed by atoms with Gasteiger partial charge in [-0.2, -0.15) is 0 Å². The molecule has 0 radical (unpaired) electrons. The zero-order valence-corrected chi connectivity index (χ0v) is 13.8. The van der Waals surface area contributed by atoms with Gasteiger partial charge in [0.2, 0.25) is 0 Å².